The molecule has 0 bridgehead atoms. The number of hydrazone groups is 1. The molecule has 0 saturated carbocycles. The van der Waals surface area contributed by atoms with Crippen molar-refractivity contribution in [1.82, 2.24) is 9.99 Å². The van der Waals surface area contributed by atoms with Gasteiger partial charge in [-0.2, -0.15) is 5.10 Å². The first-order valence-electron chi connectivity index (χ1n) is 7.70. The number of amides is 1. The van der Waals surface area contributed by atoms with E-state index in [0.29, 0.717) is 5.75 Å². The lowest BCUT2D eigenvalue weighted by Gasteiger charge is -2.04. The van der Waals surface area contributed by atoms with E-state index in [9.17, 15) is 4.79 Å². The van der Waals surface area contributed by atoms with Crippen molar-refractivity contribution < 1.29 is 9.53 Å². The molecule has 3 rings (SSSR count). The number of hydrogen-bond donors (Lipinski definition) is 1. The van der Waals surface area contributed by atoms with Crippen LogP contribution in [0, 0.1) is 6.92 Å². The fraction of sp³-hybridized carbons (Fsp3) is 0.158. The van der Waals surface area contributed by atoms with Gasteiger partial charge in [0, 0.05) is 29.2 Å². The van der Waals surface area contributed by atoms with Crippen LogP contribution in [0.4, 0.5) is 0 Å². The summed E-state index contributed by atoms with van der Waals surface area (Å²) in [5, 5.41) is 5.17. The van der Waals surface area contributed by atoms with Crippen LogP contribution in [-0.4, -0.2) is 23.3 Å². The predicted molar refractivity (Wildman–Crippen MR) is 95.3 cm³/mol. The van der Waals surface area contributed by atoms with Gasteiger partial charge in [-0.15, -0.1) is 0 Å². The minimum atomic E-state index is -0.298. The van der Waals surface area contributed by atoms with Gasteiger partial charge in [0.15, 0.2) is 6.61 Å². The molecular formula is C19H19N3O2. The summed E-state index contributed by atoms with van der Waals surface area (Å²) in [4.78, 5) is 11.8. The van der Waals surface area contributed by atoms with Crippen molar-refractivity contribution in [2.75, 3.05) is 6.61 Å². The Labute approximate surface area is 140 Å². The number of ether oxygens (including phenoxy) is 1. The van der Waals surface area contributed by atoms with Crippen LogP contribution < -0.4 is 10.2 Å². The van der Waals surface area contributed by atoms with Gasteiger partial charge < -0.3 is 9.30 Å². The molecule has 0 aliphatic rings. The SMILES string of the molecule is Cc1c(/C=N/NC(=O)COc2ccccc2)c2ccccc2n1C. The van der Waals surface area contributed by atoms with Crippen molar-refractivity contribution in [3.63, 3.8) is 0 Å². The molecule has 3 aromatic rings. The van der Waals surface area contributed by atoms with Gasteiger partial charge >= 0.3 is 0 Å². The van der Waals surface area contributed by atoms with Crippen LogP contribution in [0.25, 0.3) is 10.9 Å². The fourth-order valence-corrected chi connectivity index (χ4v) is 2.58. The molecule has 1 aromatic heterocycles. The molecule has 0 fully saturated rings. The maximum absolute atomic E-state index is 11.8. The summed E-state index contributed by atoms with van der Waals surface area (Å²) in [6, 6.07) is 17.3. The lowest BCUT2D eigenvalue weighted by molar-refractivity contribution is -0.123. The first-order chi connectivity index (χ1) is 11.7. The van der Waals surface area contributed by atoms with E-state index in [0.717, 1.165) is 22.2 Å². The van der Waals surface area contributed by atoms with Gasteiger partial charge in [-0.1, -0.05) is 36.4 Å². The number of carbonyl (C=O) groups excluding carboxylic acids is 1. The van der Waals surface area contributed by atoms with Crippen LogP contribution in [0.15, 0.2) is 59.7 Å². The molecule has 0 spiro atoms. The molecular weight excluding hydrogens is 302 g/mol. The molecule has 122 valence electrons. The molecule has 2 aromatic carbocycles. The molecule has 5 nitrogen and oxygen atoms in total. The van der Waals surface area contributed by atoms with E-state index in [1.165, 1.54) is 0 Å². The molecule has 0 atom stereocenters. The van der Waals surface area contributed by atoms with Crippen LogP contribution >= 0.6 is 0 Å². The summed E-state index contributed by atoms with van der Waals surface area (Å²) in [6.45, 7) is 1.96. The van der Waals surface area contributed by atoms with Crippen LogP contribution in [0.1, 0.15) is 11.3 Å². The third-order valence-electron chi connectivity index (χ3n) is 3.94. The standard InChI is InChI=1S/C19H19N3O2/c1-14-17(16-10-6-7-11-18(16)22(14)2)12-20-21-19(23)13-24-15-8-4-3-5-9-15/h3-12H,13H2,1-2H3,(H,21,23)/b20-12+. The summed E-state index contributed by atoms with van der Waals surface area (Å²) in [5.41, 5.74) is 5.72. The molecule has 1 heterocycles. The number of carbonyl (C=O) groups is 1. The van der Waals surface area contributed by atoms with Crippen molar-refractivity contribution >= 4 is 23.0 Å². The van der Waals surface area contributed by atoms with Crippen LogP contribution in [-0.2, 0) is 11.8 Å². The van der Waals surface area contributed by atoms with Crippen LogP contribution in [0.3, 0.4) is 0 Å². The molecule has 5 heteroatoms. The lowest BCUT2D eigenvalue weighted by atomic mass is 10.1. The predicted octanol–water partition coefficient (Wildman–Crippen LogP) is 3.02. The highest BCUT2D eigenvalue weighted by molar-refractivity contribution is 6.01. The number of nitrogens with zero attached hydrogens (tertiary/aromatic N) is 2. The molecule has 0 unspecified atom stereocenters. The topological polar surface area (TPSA) is 55.6 Å². The minimum Gasteiger partial charge on any atom is -0.484 e. The normalized spacial score (nSPS) is 11.1. The Kier molecular flexibility index (Phi) is 4.61. The monoisotopic (exact) mass is 321 g/mol. The second kappa shape index (κ2) is 7.00. The average molecular weight is 321 g/mol. The van der Waals surface area contributed by atoms with Gasteiger partial charge in [0.05, 0.1) is 6.21 Å². The second-order valence-electron chi connectivity index (χ2n) is 5.47. The Hall–Kier alpha value is -3.08. The number of hydrogen-bond acceptors (Lipinski definition) is 3. The maximum atomic E-state index is 11.8. The van der Waals surface area contributed by atoms with E-state index in [1.807, 2.05) is 50.4 Å². The maximum Gasteiger partial charge on any atom is 0.277 e. The summed E-state index contributed by atoms with van der Waals surface area (Å²) in [7, 11) is 2.02. The molecule has 0 aliphatic heterocycles. The Bertz CT molecular complexity index is 882. The lowest BCUT2D eigenvalue weighted by Crippen LogP contribution is -2.24. The largest absolute Gasteiger partial charge is 0.484 e. The van der Waals surface area contributed by atoms with Crippen LogP contribution in [0.2, 0.25) is 0 Å². The van der Waals surface area contributed by atoms with Crippen molar-refractivity contribution in [2.45, 2.75) is 6.92 Å². The first kappa shape index (κ1) is 15.8. The molecule has 1 N–H and O–H groups in total. The number of rotatable bonds is 5. The number of aromatic nitrogens is 1. The van der Waals surface area contributed by atoms with E-state index in [1.54, 1.807) is 18.3 Å². The summed E-state index contributed by atoms with van der Waals surface area (Å²) >= 11 is 0. The zero-order chi connectivity index (χ0) is 16.9. The van der Waals surface area contributed by atoms with Crippen molar-refractivity contribution in [2.24, 2.45) is 12.1 Å². The summed E-state index contributed by atoms with van der Waals surface area (Å²) in [5.74, 6) is 0.356. The number of fused-ring (bicyclic) bond motifs is 1. The smallest absolute Gasteiger partial charge is 0.277 e. The number of aryl methyl sites for hydroxylation is 1. The van der Waals surface area contributed by atoms with Crippen LogP contribution in [0.5, 0.6) is 5.75 Å². The highest BCUT2D eigenvalue weighted by Gasteiger charge is 2.09. The first-order valence-corrected chi connectivity index (χ1v) is 7.70. The van der Waals surface area contributed by atoms with Gasteiger partial charge in [0.2, 0.25) is 0 Å². The number of benzene rings is 2. The Morgan fingerprint density at radius 1 is 1.17 bits per heavy atom. The fourth-order valence-electron chi connectivity index (χ4n) is 2.58. The van der Waals surface area contributed by atoms with Gasteiger partial charge in [-0.25, -0.2) is 5.43 Å². The van der Waals surface area contributed by atoms with E-state index < -0.39 is 0 Å². The van der Waals surface area contributed by atoms with Crippen molar-refractivity contribution in [1.29, 1.82) is 0 Å². The van der Waals surface area contributed by atoms with Gasteiger partial charge in [0.1, 0.15) is 5.75 Å². The average Bonchev–Trinajstić information content (AvgIpc) is 2.86. The van der Waals surface area contributed by atoms with Crippen molar-refractivity contribution in [3.8, 4) is 5.75 Å². The molecule has 0 radical (unpaired) electrons. The van der Waals surface area contributed by atoms with E-state index in [4.69, 9.17) is 4.74 Å². The zero-order valence-corrected chi connectivity index (χ0v) is 13.7. The third-order valence-corrected chi connectivity index (χ3v) is 3.94. The number of para-hydroxylation sites is 2. The van der Waals surface area contributed by atoms with E-state index >= 15 is 0 Å². The van der Waals surface area contributed by atoms with E-state index in [-0.39, 0.29) is 12.5 Å². The molecule has 0 saturated heterocycles. The third kappa shape index (κ3) is 3.30. The zero-order valence-electron chi connectivity index (χ0n) is 13.7. The minimum absolute atomic E-state index is 0.0735. The highest BCUT2D eigenvalue weighted by atomic mass is 16.5. The number of nitrogens with one attached hydrogen (secondary N) is 1. The second-order valence-corrected chi connectivity index (χ2v) is 5.47. The van der Waals surface area contributed by atoms with Gasteiger partial charge in [-0.3, -0.25) is 4.79 Å². The van der Waals surface area contributed by atoms with Gasteiger partial charge in [-0.05, 0) is 25.1 Å². The quantitative estimate of drug-likeness (QED) is 0.580. The Balaban J connectivity index is 1.64. The summed E-state index contributed by atoms with van der Waals surface area (Å²) in [6.07, 6.45) is 1.68. The molecule has 1 amide bonds. The molecule has 24 heavy (non-hydrogen) atoms. The van der Waals surface area contributed by atoms with Gasteiger partial charge in [0.25, 0.3) is 5.91 Å². The summed E-state index contributed by atoms with van der Waals surface area (Å²) < 4.78 is 7.49. The van der Waals surface area contributed by atoms with Crippen molar-refractivity contribution in [3.05, 3.63) is 65.9 Å². The van der Waals surface area contributed by atoms with E-state index in [2.05, 4.69) is 21.2 Å². The Morgan fingerprint density at radius 2 is 1.88 bits per heavy atom. The highest BCUT2D eigenvalue weighted by Crippen LogP contribution is 2.22. The molecule has 0 aliphatic carbocycles. The Morgan fingerprint density at radius 3 is 2.67 bits per heavy atom.